The summed E-state index contributed by atoms with van der Waals surface area (Å²) in [6.45, 7) is 4.54. The van der Waals surface area contributed by atoms with E-state index in [0.717, 1.165) is 40.1 Å². The Morgan fingerprint density at radius 1 is 1.21 bits per heavy atom. The van der Waals surface area contributed by atoms with Gasteiger partial charge in [-0.25, -0.2) is 0 Å². The molecule has 5 nitrogen and oxygen atoms in total. The summed E-state index contributed by atoms with van der Waals surface area (Å²) >= 11 is 6.37. The average Bonchev–Trinajstić information content (AvgIpc) is 3.17. The van der Waals surface area contributed by atoms with Gasteiger partial charge in [0.25, 0.3) is 0 Å². The van der Waals surface area contributed by atoms with Crippen molar-refractivity contribution >= 4 is 11.6 Å². The Bertz CT molecular complexity index is 937. The van der Waals surface area contributed by atoms with Gasteiger partial charge in [0.1, 0.15) is 5.75 Å². The fourth-order valence-corrected chi connectivity index (χ4v) is 3.47. The molecule has 0 unspecified atom stereocenters. The van der Waals surface area contributed by atoms with E-state index < -0.39 is 0 Å². The third kappa shape index (κ3) is 4.55. The topological polar surface area (TPSA) is 84.2 Å². The molecule has 0 fully saturated rings. The van der Waals surface area contributed by atoms with Gasteiger partial charge >= 0.3 is 0 Å². The van der Waals surface area contributed by atoms with E-state index in [1.54, 1.807) is 0 Å². The van der Waals surface area contributed by atoms with E-state index in [1.165, 1.54) is 0 Å². The van der Waals surface area contributed by atoms with Crippen molar-refractivity contribution in [1.29, 1.82) is 0 Å². The molecule has 0 radical (unpaired) electrons. The molecule has 148 valence electrons. The first-order valence-electron chi connectivity index (χ1n) is 9.47. The van der Waals surface area contributed by atoms with E-state index in [0.29, 0.717) is 23.7 Å². The van der Waals surface area contributed by atoms with Crippen molar-refractivity contribution in [3.63, 3.8) is 0 Å². The molecule has 4 N–H and O–H groups in total. The Balaban J connectivity index is 1.94. The maximum absolute atomic E-state index is 9.23. The van der Waals surface area contributed by atoms with Gasteiger partial charge in [-0.1, -0.05) is 29.8 Å². The minimum Gasteiger partial charge on any atom is -0.489 e. The van der Waals surface area contributed by atoms with Crippen LogP contribution in [0.15, 0.2) is 42.5 Å². The van der Waals surface area contributed by atoms with Crippen LogP contribution in [0.2, 0.25) is 5.02 Å². The number of aliphatic hydroxyl groups excluding tert-OH is 1. The summed E-state index contributed by atoms with van der Waals surface area (Å²) in [5.74, 6) is 0.665. The van der Waals surface area contributed by atoms with Crippen molar-refractivity contribution in [2.24, 2.45) is 5.73 Å². The summed E-state index contributed by atoms with van der Waals surface area (Å²) in [7, 11) is 0. The van der Waals surface area contributed by atoms with Crippen LogP contribution in [0, 0.1) is 0 Å². The molecule has 1 aromatic heterocycles. The minimum atomic E-state index is 0.0625. The molecule has 0 aliphatic rings. The molecule has 2 aromatic carbocycles. The van der Waals surface area contributed by atoms with Crippen LogP contribution in [-0.4, -0.2) is 28.0 Å². The summed E-state index contributed by atoms with van der Waals surface area (Å²) in [5.41, 5.74) is 11.8. The Hall–Kier alpha value is -2.34. The summed E-state index contributed by atoms with van der Waals surface area (Å²) in [5, 5.41) is 17.4. The summed E-state index contributed by atoms with van der Waals surface area (Å²) in [6.07, 6.45) is 1.52. The lowest BCUT2D eigenvalue weighted by molar-refractivity contribution is 0.242. The summed E-state index contributed by atoms with van der Waals surface area (Å²) in [6, 6.07) is 13.8. The monoisotopic (exact) mass is 399 g/mol. The molecule has 0 aliphatic carbocycles. The number of ether oxygens (including phenoxy) is 1. The number of benzene rings is 2. The van der Waals surface area contributed by atoms with Gasteiger partial charge in [-0.15, -0.1) is 0 Å². The lowest BCUT2D eigenvalue weighted by Gasteiger charge is -2.12. The van der Waals surface area contributed by atoms with E-state index in [9.17, 15) is 5.11 Å². The molecule has 3 rings (SSSR count). The van der Waals surface area contributed by atoms with Crippen molar-refractivity contribution in [3.8, 4) is 28.3 Å². The molecule has 1 heterocycles. The second-order valence-corrected chi connectivity index (χ2v) is 7.36. The molecular weight excluding hydrogens is 374 g/mol. The maximum atomic E-state index is 9.23. The molecule has 0 saturated heterocycles. The van der Waals surface area contributed by atoms with E-state index >= 15 is 0 Å². The summed E-state index contributed by atoms with van der Waals surface area (Å²) in [4.78, 5) is 0. The van der Waals surface area contributed by atoms with E-state index in [-0.39, 0.29) is 12.7 Å². The number of nitrogens with one attached hydrogen (secondary N) is 1. The highest BCUT2D eigenvalue weighted by molar-refractivity contribution is 6.32. The van der Waals surface area contributed by atoms with Crippen LogP contribution in [0.3, 0.4) is 0 Å². The van der Waals surface area contributed by atoms with Gasteiger partial charge in [-0.2, -0.15) is 5.10 Å². The van der Waals surface area contributed by atoms with E-state index in [2.05, 4.69) is 16.3 Å². The van der Waals surface area contributed by atoms with E-state index in [4.69, 9.17) is 22.1 Å². The van der Waals surface area contributed by atoms with E-state index in [1.807, 2.05) is 50.2 Å². The number of hydrogen-bond donors (Lipinski definition) is 3. The number of aromatic amines is 1. The largest absolute Gasteiger partial charge is 0.489 e. The van der Waals surface area contributed by atoms with Crippen LogP contribution < -0.4 is 10.5 Å². The molecule has 6 heteroatoms. The molecule has 0 atom stereocenters. The van der Waals surface area contributed by atoms with Gasteiger partial charge in [0.2, 0.25) is 0 Å². The lowest BCUT2D eigenvalue weighted by Crippen LogP contribution is -2.05. The highest BCUT2D eigenvalue weighted by Crippen LogP contribution is 2.33. The number of rotatable bonds is 8. The van der Waals surface area contributed by atoms with Crippen LogP contribution in [0.1, 0.15) is 31.4 Å². The first kappa shape index (κ1) is 20.4. The fraction of sp³-hybridized carbons (Fsp3) is 0.318. The number of nitrogens with two attached hydrogens (primary N) is 1. The highest BCUT2D eigenvalue weighted by atomic mass is 35.5. The van der Waals surface area contributed by atoms with Gasteiger partial charge < -0.3 is 15.6 Å². The highest BCUT2D eigenvalue weighted by Gasteiger charge is 2.14. The van der Waals surface area contributed by atoms with Crippen molar-refractivity contribution < 1.29 is 9.84 Å². The van der Waals surface area contributed by atoms with Crippen LogP contribution in [0.5, 0.6) is 5.75 Å². The predicted octanol–water partition coefficient (Wildman–Crippen LogP) is 4.57. The standard InChI is InChI=1S/C22H26ClN3O2/c1-14(2)28-22-9-8-15(11-19(22)23)20-12-21(26-25-20)18-6-3-5-16(13-24)17(18)7-4-10-27/h3,5-6,8-9,11-12,14,27H,4,7,10,13,24H2,1-2H3,(H,25,26). The molecular formula is C22H26ClN3O2. The molecule has 0 saturated carbocycles. The molecule has 28 heavy (non-hydrogen) atoms. The number of hydrogen-bond acceptors (Lipinski definition) is 4. The predicted molar refractivity (Wildman–Crippen MR) is 114 cm³/mol. The Morgan fingerprint density at radius 3 is 2.71 bits per heavy atom. The Labute approximate surface area is 170 Å². The zero-order valence-corrected chi connectivity index (χ0v) is 17.0. The second-order valence-electron chi connectivity index (χ2n) is 6.95. The van der Waals surface area contributed by atoms with Crippen LogP contribution in [-0.2, 0) is 13.0 Å². The van der Waals surface area contributed by atoms with Crippen LogP contribution >= 0.6 is 11.6 Å². The molecule has 0 bridgehead atoms. The van der Waals surface area contributed by atoms with Crippen molar-refractivity contribution in [2.45, 2.75) is 39.3 Å². The zero-order chi connectivity index (χ0) is 20.1. The van der Waals surface area contributed by atoms with Gasteiger partial charge in [0.05, 0.1) is 22.5 Å². The van der Waals surface area contributed by atoms with Gasteiger partial charge in [-0.05, 0) is 62.1 Å². The van der Waals surface area contributed by atoms with Crippen LogP contribution in [0.4, 0.5) is 0 Å². The number of halogens is 1. The number of aliphatic hydroxyl groups is 1. The number of H-pyrrole nitrogens is 1. The maximum Gasteiger partial charge on any atom is 0.138 e. The first-order valence-corrected chi connectivity index (χ1v) is 9.85. The minimum absolute atomic E-state index is 0.0625. The van der Waals surface area contributed by atoms with Gasteiger partial charge in [0.15, 0.2) is 0 Å². The van der Waals surface area contributed by atoms with Gasteiger partial charge in [-0.3, -0.25) is 5.10 Å². The third-order valence-corrected chi connectivity index (χ3v) is 4.83. The number of aromatic nitrogens is 2. The van der Waals surface area contributed by atoms with Crippen molar-refractivity contribution in [1.82, 2.24) is 10.2 Å². The average molecular weight is 400 g/mol. The Morgan fingerprint density at radius 2 is 2.04 bits per heavy atom. The molecule has 0 aliphatic heterocycles. The zero-order valence-electron chi connectivity index (χ0n) is 16.2. The molecule has 3 aromatic rings. The SMILES string of the molecule is CC(C)Oc1ccc(-c2cc(-c3cccc(CN)c3CCCO)[nH]n2)cc1Cl. The second kappa shape index (κ2) is 9.24. The van der Waals surface area contributed by atoms with Crippen LogP contribution in [0.25, 0.3) is 22.5 Å². The molecule has 0 spiro atoms. The summed E-state index contributed by atoms with van der Waals surface area (Å²) < 4.78 is 5.70. The quantitative estimate of drug-likeness (QED) is 0.518. The van der Waals surface area contributed by atoms with Crippen molar-refractivity contribution in [2.75, 3.05) is 6.61 Å². The number of nitrogens with zero attached hydrogens (tertiary/aromatic N) is 1. The van der Waals surface area contributed by atoms with Gasteiger partial charge in [0, 0.05) is 24.3 Å². The third-order valence-electron chi connectivity index (χ3n) is 4.54. The fourth-order valence-electron chi connectivity index (χ4n) is 3.25. The Kier molecular flexibility index (Phi) is 6.73. The molecule has 0 amide bonds. The van der Waals surface area contributed by atoms with Crippen molar-refractivity contribution in [3.05, 3.63) is 58.6 Å². The smallest absolute Gasteiger partial charge is 0.138 e. The lowest BCUT2D eigenvalue weighted by atomic mass is 9.94. The normalized spacial score (nSPS) is 11.2. The first-order chi connectivity index (χ1) is 13.5.